The zero-order valence-electron chi connectivity index (χ0n) is 16.9. The molecule has 0 saturated carbocycles. The second kappa shape index (κ2) is 8.13. The Morgan fingerprint density at radius 3 is 2.61 bits per heavy atom. The minimum Gasteiger partial charge on any atom is -0.481 e. The highest BCUT2D eigenvalue weighted by molar-refractivity contribution is 8.13. The summed E-state index contributed by atoms with van der Waals surface area (Å²) < 4.78 is 5.14. The monoisotopic (exact) mass is 396 g/mol. The van der Waals surface area contributed by atoms with Crippen molar-refractivity contribution >= 4 is 22.6 Å². The van der Waals surface area contributed by atoms with Crippen molar-refractivity contribution in [1.29, 1.82) is 0 Å². The summed E-state index contributed by atoms with van der Waals surface area (Å²) in [4.78, 5) is 14.1. The smallest absolute Gasteiger partial charge is 0.213 e. The number of pyridine rings is 1. The van der Waals surface area contributed by atoms with Crippen molar-refractivity contribution in [2.24, 2.45) is 4.99 Å². The Balaban J connectivity index is 1.53. The molecule has 1 aromatic heterocycles. The number of fused-ring (bicyclic) bond motifs is 2. The molecule has 2 aromatic rings. The van der Waals surface area contributed by atoms with Crippen LogP contribution in [0.15, 0.2) is 47.6 Å². The number of piperidine rings is 1. The Bertz CT molecular complexity index is 844. The largest absolute Gasteiger partial charge is 0.481 e. The lowest BCUT2D eigenvalue weighted by atomic mass is 9.74. The molecule has 0 unspecified atom stereocenters. The molecule has 0 amide bonds. The predicted molar refractivity (Wildman–Crippen MR) is 117 cm³/mol. The number of thioether (sulfide) groups is 1. The number of hydrogen-bond donors (Lipinski definition) is 0. The quantitative estimate of drug-likeness (QED) is 0.568. The molecule has 1 saturated heterocycles. The van der Waals surface area contributed by atoms with E-state index in [4.69, 9.17) is 9.73 Å². The average molecular weight is 397 g/mol. The van der Waals surface area contributed by atoms with E-state index >= 15 is 0 Å². The lowest BCUT2D eigenvalue weighted by molar-refractivity contribution is 0.0475. The van der Waals surface area contributed by atoms with E-state index in [-0.39, 0.29) is 5.54 Å². The lowest BCUT2D eigenvalue weighted by Crippen LogP contribution is -2.55. The first-order chi connectivity index (χ1) is 13.7. The molecule has 2 aliphatic heterocycles. The highest BCUT2D eigenvalue weighted by Gasteiger charge is 2.43. The Labute approximate surface area is 171 Å². The summed E-state index contributed by atoms with van der Waals surface area (Å²) in [5, 5.41) is 1.06. The fraction of sp³-hybridized carbons (Fsp3) is 0.455. The van der Waals surface area contributed by atoms with Crippen LogP contribution >= 0.6 is 11.8 Å². The van der Waals surface area contributed by atoms with Crippen molar-refractivity contribution in [1.82, 2.24) is 14.8 Å². The van der Waals surface area contributed by atoms with Gasteiger partial charge in [0.05, 0.1) is 19.0 Å². The molecule has 0 atom stereocenters. The first kappa shape index (κ1) is 19.3. The maximum absolute atomic E-state index is 5.14. The number of aromatic nitrogens is 1. The van der Waals surface area contributed by atoms with E-state index < -0.39 is 0 Å². The third-order valence-corrected chi connectivity index (χ3v) is 6.88. The number of amidine groups is 1. The summed E-state index contributed by atoms with van der Waals surface area (Å²) in [6.45, 7) is 3.17. The van der Waals surface area contributed by atoms with Crippen LogP contribution < -0.4 is 4.74 Å². The van der Waals surface area contributed by atoms with Gasteiger partial charge in [0.15, 0.2) is 5.17 Å². The van der Waals surface area contributed by atoms with Gasteiger partial charge in [-0.3, -0.25) is 4.90 Å². The number of likely N-dealkylation sites (N-methyl/N-ethyl adjacent to an activating group) is 1. The van der Waals surface area contributed by atoms with Crippen molar-refractivity contribution < 1.29 is 4.74 Å². The number of ether oxygens (including phenoxy) is 1. The van der Waals surface area contributed by atoms with E-state index in [1.807, 2.05) is 12.1 Å². The van der Waals surface area contributed by atoms with Gasteiger partial charge in [-0.25, -0.2) is 9.98 Å². The molecule has 1 spiro atoms. The van der Waals surface area contributed by atoms with Crippen LogP contribution in [0.25, 0.3) is 0 Å². The van der Waals surface area contributed by atoms with Gasteiger partial charge in [-0.2, -0.15) is 0 Å². The minimum atomic E-state index is 0.163. The van der Waals surface area contributed by atoms with Gasteiger partial charge < -0.3 is 9.64 Å². The highest BCUT2D eigenvalue weighted by atomic mass is 32.2. The first-order valence-corrected chi connectivity index (χ1v) is 11.1. The third kappa shape index (κ3) is 3.51. The van der Waals surface area contributed by atoms with Crippen LogP contribution in [0.4, 0.5) is 5.69 Å². The van der Waals surface area contributed by atoms with E-state index in [1.54, 1.807) is 25.1 Å². The topological polar surface area (TPSA) is 41.0 Å². The highest BCUT2D eigenvalue weighted by Crippen LogP contribution is 2.43. The number of aliphatic imine (C=N–C) groups is 1. The van der Waals surface area contributed by atoms with Gasteiger partial charge in [0.2, 0.25) is 5.88 Å². The Kier molecular flexibility index (Phi) is 5.60. The SMILES string of the molecule is COc1ccc(N=C(SC)N2CCC3(CC2)c2ccccc2CCN3C)cn1. The summed E-state index contributed by atoms with van der Waals surface area (Å²) in [5.74, 6) is 0.614. The molecule has 0 radical (unpaired) electrons. The van der Waals surface area contributed by atoms with E-state index in [2.05, 4.69) is 52.4 Å². The second-order valence-electron chi connectivity index (χ2n) is 7.50. The van der Waals surface area contributed by atoms with E-state index in [1.165, 1.54) is 11.1 Å². The van der Waals surface area contributed by atoms with Crippen LogP contribution in [0.2, 0.25) is 0 Å². The number of nitrogens with zero attached hydrogens (tertiary/aromatic N) is 4. The molecule has 1 aromatic carbocycles. The number of methoxy groups -OCH3 is 1. The fourth-order valence-corrected chi connectivity index (χ4v) is 5.17. The fourth-order valence-electron chi connectivity index (χ4n) is 4.53. The number of benzene rings is 1. The normalized spacial score (nSPS) is 19.5. The molecule has 4 rings (SSSR count). The summed E-state index contributed by atoms with van der Waals surface area (Å²) in [6.07, 6.45) is 7.27. The van der Waals surface area contributed by atoms with Crippen LogP contribution in [0.5, 0.6) is 5.88 Å². The van der Waals surface area contributed by atoms with Gasteiger partial charge >= 0.3 is 0 Å². The first-order valence-electron chi connectivity index (χ1n) is 9.83. The number of hydrogen-bond acceptors (Lipinski definition) is 5. The van der Waals surface area contributed by atoms with Crippen molar-refractivity contribution in [3.63, 3.8) is 0 Å². The molecule has 1 fully saturated rings. The van der Waals surface area contributed by atoms with Gasteiger partial charge in [-0.1, -0.05) is 36.0 Å². The van der Waals surface area contributed by atoms with Crippen molar-refractivity contribution in [2.75, 3.05) is 40.0 Å². The standard InChI is InChI=1S/C22H28N4OS/c1-25-13-10-17-6-4-5-7-19(17)22(25)11-14-26(15-12-22)21(28-3)24-18-8-9-20(27-2)23-16-18/h4-9,16H,10-15H2,1-3H3. The molecule has 0 bridgehead atoms. The van der Waals surface area contributed by atoms with E-state index in [0.29, 0.717) is 5.88 Å². The number of likely N-dealkylation sites (tertiary alicyclic amines) is 1. The van der Waals surface area contributed by atoms with Gasteiger partial charge in [-0.05, 0) is 49.8 Å². The Hall–Kier alpha value is -2.05. The number of rotatable bonds is 2. The van der Waals surface area contributed by atoms with Crippen LogP contribution in [-0.2, 0) is 12.0 Å². The van der Waals surface area contributed by atoms with Crippen LogP contribution in [0, 0.1) is 0 Å². The predicted octanol–water partition coefficient (Wildman–Crippen LogP) is 3.92. The Morgan fingerprint density at radius 2 is 1.93 bits per heavy atom. The molecule has 3 heterocycles. The van der Waals surface area contributed by atoms with Gasteiger partial charge in [0, 0.05) is 31.2 Å². The molecule has 0 aliphatic carbocycles. The molecular weight excluding hydrogens is 368 g/mol. The Morgan fingerprint density at radius 1 is 1.14 bits per heavy atom. The molecule has 148 valence electrons. The minimum absolute atomic E-state index is 0.163. The zero-order chi connectivity index (χ0) is 19.6. The molecule has 28 heavy (non-hydrogen) atoms. The lowest BCUT2D eigenvalue weighted by Gasteiger charge is -2.51. The van der Waals surface area contributed by atoms with Crippen LogP contribution in [-0.4, -0.2) is 60.0 Å². The van der Waals surface area contributed by atoms with Gasteiger partial charge in [-0.15, -0.1) is 0 Å². The summed E-state index contributed by atoms with van der Waals surface area (Å²) >= 11 is 1.71. The molecule has 6 heteroatoms. The van der Waals surface area contributed by atoms with Crippen molar-refractivity contribution in [3.05, 3.63) is 53.7 Å². The molecule has 0 N–H and O–H groups in total. The van der Waals surface area contributed by atoms with Crippen LogP contribution in [0.1, 0.15) is 24.0 Å². The molecule has 5 nitrogen and oxygen atoms in total. The zero-order valence-corrected chi connectivity index (χ0v) is 17.7. The second-order valence-corrected chi connectivity index (χ2v) is 8.28. The molecule has 2 aliphatic rings. The van der Waals surface area contributed by atoms with Crippen molar-refractivity contribution in [3.8, 4) is 5.88 Å². The summed E-state index contributed by atoms with van der Waals surface area (Å²) in [6, 6.07) is 12.8. The summed E-state index contributed by atoms with van der Waals surface area (Å²) in [7, 11) is 3.92. The third-order valence-electron chi connectivity index (χ3n) is 6.16. The maximum Gasteiger partial charge on any atom is 0.213 e. The summed E-state index contributed by atoms with van der Waals surface area (Å²) in [5.41, 5.74) is 4.09. The van der Waals surface area contributed by atoms with E-state index in [9.17, 15) is 0 Å². The van der Waals surface area contributed by atoms with E-state index in [0.717, 1.165) is 49.8 Å². The van der Waals surface area contributed by atoms with Gasteiger partial charge in [0.25, 0.3) is 0 Å². The van der Waals surface area contributed by atoms with Crippen LogP contribution in [0.3, 0.4) is 0 Å². The van der Waals surface area contributed by atoms with Crippen molar-refractivity contribution in [2.45, 2.75) is 24.8 Å². The maximum atomic E-state index is 5.14. The van der Waals surface area contributed by atoms with Gasteiger partial charge in [0.1, 0.15) is 0 Å². The average Bonchev–Trinajstić information content (AvgIpc) is 2.76. The molecular formula is C22H28N4OS.